The van der Waals surface area contributed by atoms with Crippen LogP contribution in [-0.4, -0.2) is 21.5 Å². The van der Waals surface area contributed by atoms with Crippen molar-refractivity contribution in [2.75, 3.05) is 5.32 Å². The number of hydrogen-bond acceptors (Lipinski definition) is 4. The molecule has 2 aliphatic rings. The molecular weight excluding hydrogens is 340 g/mol. The van der Waals surface area contributed by atoms with Crippen LogP contribution < -0.4 is 5.32 Å². The van der Waals surface area contributed by atoms with Gasteiger partial charge in [0.05, 0.1) is 10.2 Å². The summed E-state index contributed by atoms with van der Waals surface area (Å²) in [5.41, 5.74) is -1.49. The number of thiazole rings is 1. The van der Waals surface area contributed by atoms with Crippen LogP contribution in [0, 0.1) is 16.2 Å². The summed E-state index contributed by atoms with van der Waals surface area (Å²) in [6, 6.07) is 0. The first kappa shape index (κ1) is 14.2. The first-order chi connectivity index (χ1) is 9.27. The number of anilines is 1. The Bertz CT molecular complexity index is 586. The van der Waals surface area contributed by atoms with Crippen LogP contribution in [0.15, 0.2) is 11.6 Å². The fraction of sp³-hybridized carbons (Fsp3) is 0.643. The van der Waals surface area contributed by atoms with Crippen molar-refractivity contribution in [1.29, 1.82) is 0 Å². The van der Waals surface area contributed by atoms with E-state index in [0.29, 0.717) is 5.13 Å². The maximum Gasteiger partial charge on any atom is 0.234 e. The van der Waals surface area contributed by atoms with Crippen LogP contribution in [0.4, 0.5) is 5.13 Å². The summed E-state index contributed by atoms with van der Waals surface area (Å²) in [6.45, 7) is 6.08. The minimum absolute atomic E-state index is 0.0890. The van der Waals surface area contributed by atoms with E-state index in [0.717, 1.165) is 12.8 Å². The summed E-state index contributed by atoms with van der Waals surface area (Å²) >= 11 is 4.90. The number of Topliss-reactive ketones (excluding diaryl/α,β-unsaturated/α-hetero) is 1. The first-order valence-corrected chi connectivity index (χ1v) is 8.46. The van der Waals surface area contributed by atoms with Crippen molar-refractivity contribution >= 4 is 44.1 Å². The summed E-state index contributed by atoms with van der Waals surface area (Å²) in [7, 11) is 0. The molecule has 108 valence electrons. The number of nitrogens with zero attached hydrogens (tertiary/aromatic N) is 1. The van der Waals surface area contributed by atoms with E-state index in [9.17, 15) is 9.59 Å². The van der Waals surface area contributed by atoms with Crippen molar-refractivity contribution in [3.8, 4) is 0 Å². The molecule has 1 N–H and O–H groups in total. The Morgan fingerprint density at radius 1 is 1.45 bits per heavy atom. The molecule has 0 aliphatic heterocycles. The average molecular weight is 357 g/mol. The Hall–Kier alpha value is -0.750. The third-order valence-electron chi connectivity index (χ3n) is 5.78. The second-order valence-corrected chi connectivity index (χ2v) is 8.26. The van der Waals surface area contributed by atoms with E-state index in [-0.39, 0.29) is 17.1 Å². The van der Waals surface area contributed by atoms with Crippen LogP contribution in [-0.2, 0) is 9.59 Å². The van der Waals surface area contributed by atoms with Gasteiger partial charge in [-0.25, -0.2) is 4.98 Å². The number of aromatic nitrogens is 1. The second kappa shape index (κ2) is 4.13. The molecule has 6 heteroatoms. The van der Waals surface area contributed by atoms with Crippen molar-refractivity contribution in [1.82, 2.24) is 4.98 Å². The molecule has 1 aromatic rings. The van der Waals surface area contributed by atoms with Gasteiger partial charge in [-0.2, -0.15) is 0 Å². The van der Waals surface area contributed by atoms with Crippen molar-refractivity contribution < 1.29 is 9.59 Å². The predicted octanol–water partition coefficient (Wildman–Crippen LogP) is 3.24. The van der Waals surface area contributed by atoms with E-state index in [1.54, 1.807) is 6.20 Å². The molecule has 0 spiro atoms. The molecule has 0 radical (unpaired) electrons. The fourth-order valence-electron chi connectivity index (χ4n) is 3.95. The van der Waals surface area contributed by atoms with Gasteiger partial charge in [0.15, 0.2) is 10.9 Å². The summed E-state index contributed by atoms with van der Waals surface area (Å²) in [5.74, 6) is 0.0666. The van der Waals surface area contributed by atoms with Crippen LogP contribution in [0.2, 0.25) is 0 Å². The van der Waals surface area contributed by atoms with Gasteiger partial charge in [-0.05, 0) is 18.3 Å². The molecule has 0 aromatic carbocycles. The van der Waals surface area contributed by atoms with E-state index < -0.39 is 15.7 Å². The maximum atomic E-state index is 12.9. The largest absolute Gasteiger partial charge is 0.301 e. The number of nitrogens with one attached hydrogen (secondary N) is 1. The number of alkyl halides is 1. The fourth-order valence-corrected chi connectivity index (χ4v) is 5.99. The first-order valence-electron chi connectivity index (χ1n) is 6.67. The number of ketones is 1. The zero-order chi connectivity index (χ0) is 14.8. The van der Waals surface area contributed by atoms with Crippen LogP contribution in [0.1, 0.15) is 33.6 Å². The SMILES string of the molecule is CC1(C)[C@]2(C(=O)Nc3nccs3)CC[C@]1(C)C(=O)[C@H]2Br. The Balaban J connectivity index is 2.02. The molecule has 1 amide bonds. The van der Waals surface area contributed by atoms with Gasteiger partial charge in [-0.15, -0.1) is 11.3 Å². The number of fused-ring (bicyclic) bond motifs is 2. The molecule has 20 heavy (non-hydrogen) atoms. The molecule has 2 bridgehead atoms. The predicted molar refractivity (Wildman–Crippen MR) is 82.0 cm³/mol. The highest BCUT2D eigenvalue weighted by atomic mass is 79.9. The summed E-state index contributed by atoms with van der Waals surface area (Å²) < 4.78 is 0. The molecule has 3 atom stereocenters. The van der Waals surface area contributed by atoms with Crippen molar-refractivity contribution in [2.24, 2.45) is 16.2 Å². The lowest BCUT2D eigenvalue weighted by molar-refractivity contribution is -0.130. The lowest BCUT2D eigenvalue weighted by Gasteiger charge is -2.39. The quantitative estimate of drug-likeness (QED) is 0.827. The highest BCUT2D eigenvalue weighted by molar-refractivity contribution is 9.10. The van der Waals surface area contributed by atoms with Crippen LogP contribution in [0.5, 0.6) is 0 Å². The highest BCUT2D eigenvalue weighted by Crippen LogP contribution is 2.72. The zero-order valence-electron chi connectivity index (χ0n) is 11.7. The number of rotatable bonds is 2. The summed E-state index contributed by atoms with van der Waals surface area (Å²) in [5, 5.41) is 5.30. The number of carbonyl (C=O) groups is 2. The van der Waals surface area contributed by atoms with Gasteiger partial charge in [-0.1, -0.05) is 36.7 Å². The zero-order valence-corrected chi connectivity index (χ0v) is 14.1. The van der Waals surface area contributed by atoms with E-state index in [1.165, 1.54) is 11.3 Å². The monoisotopic (exact) mass is 356 g/mol. The lowest BCUT2D eigenvalue weighted by Crippen LogP contribution is -2.47. The van der Waals surface area contributed by atoms with Crippen molar-refractivity contribution in [3.05, 3.63) is 11.6 Å². The van der Waals surface area contributed by atoms with Gasteiger partial charge >= 0.3 is 0 Å². The van der Waals surface area contributed by atoms with E-state index in [1.807, 2.05) is 26.2 Å². The standard InChI is InChI=1S/C14H17BrN2O2S/c1-12(2)13(3)4-5-14(12,8(15)9(13)18)10(19)17-11-16-6-7-20-11/h6-8H,4-5H2,1-3H3,(H,16,17,19)/t8-,13-,14-/m1/s1. The Morgan fingerprint density at radius 2 is 2.15 bits per heavy atom. The number of carbonyl (C=O) groups excluding carboxylic acids is 2. The molecule has 3 rings (SSSR count). The molecule has 1 heterocycles. The Morgan fingerprint density at radius 3 is 2.65 bits per heavy atom. The highest BCUT2D eigenvalue weighted by Gasteiger charge is 2.76. The van der Waals surface area contributed by atoms with Gasteiger partial charge < -0.3 is 5.32 Å². The van der Waals surface area contributed by atoms with Crippen LogP contribution >= 0.6 is 27.3 Å². The van der Waals surface area contributed by atoms with Gasteiger partial charge in [0.25, 0.3) is 0 Å². The van der Waals surface area contributed by atoms with Crippen molar-refractivity contribution in [2.45, 2.75) is 38.4 Å². The topological polar surface area (TPSA) is 59.1 Å². The summed E-state index contributed by atoms with van der Waals surface area (Å²) in [4.78, 5) is 29.1. The van der Waals surface area contributed by atoms with Gasteiger partial charge in [0.2, 0.25) is 5.91 Å². The molecule has 2 fully saturated rings. The molecule has 0 saturated heterocycles. The maximum absolute atomic E-state index is 12.9. The Labute approximate surface area is 130 Å². The lowest BCUT2D eigenvalue weighted by atomic mass is 9.64. The number of halogens is 1. The normalized spacial score (nSPS) is 38.2. The molecule has 2 saturated carbocycles. The van der Waals surface area contributed by atoms with E-state index in [4.69, 9.17) is 0 Å². The molecule has 0 unspecified atom stereocenters. The van der Waals surface area contributed by atoms with Gasteiger partial charge in [-0.3, -0.25) is 9.59 Å². The molecule has 4 nitrogen and oxygen atoms in total. The molecule has 2 aliphatic carbocycles. The van der Waals surface area contributed by atoms with Gasteiger partial charge in [0.1, 0.15) is 0 Å². The van der Waals surface area contributed by atoms with Crippen LogP contribution in [0.3, 0.4) is 0 Å². The minimum atomic E-state index is -0.690. The van der Waals surface area contributed by atoms with E-state index >= 15 is 0 Å². The minimum Gasteiger partial charge on any atom is -0.301 e. The molecule has 1 aromatic heterocycles. The average Bonchev–Trinajstić information content (AvgIpc) is 2.97. The summed E-state index contributed by atoms with van der Waals surface area (Å²) in [6.07, 6.45) is 3.16. The Kier molecular flexibility index (Phi) is 2.93. The third-order valence-corrected chi connectivity index (χ3v) is 7.66. The number of hydrogen-bond donors (Lipinski definition) is 1. The van der Waals surface area contributed by atoms with E-state index in [2.05, 4.69) is 26.2 Å². The van der Waals surface area contributed by atoms with Crippen LogP contribution in [0.25, 0.3) is 0 Å². The smallest absolute Gasteiger partial charge is 0.234 e. The molecular formula is C14H17BrN2O2S. The second-order valence-electron chi connectivity index (χ2n) is 6.45. The third kappa shape index (κ3) is 1.39. The van der Waals surface area contributed by atoms with Gasteiger partial charge in [0, 0.05) is 17.0 Å². The number of amides is 1. The van der Waals surface area contributed by atoms with Crippen molar-refractivity contribution in [3.63, 3.8) is 0 Å².